The van der Waals surface area contributed by atoms with E-state index < -0.39 is 5.41 Å². The van der Waals surface area contributed by atoms with Crippen LogP contribution in [-0.2, 0) is 16.1 Å². The van der Waals surface area contributed by atoms with Crippen molar-refractivity contribution in [2.45, 2.75) is 125 Å². The number of hydrogen-bond acceptors (Lipinski definition) is 5. The predicted molar refractivity (Wildman–Crippen MR) is 181 cm³/mol. The summed E-state index contributed by atoms with van der Waals surface area (Å²) in [6.07, 6.45) is 12.4. The van der Waals surface area contributed by atoms with Crippen LogP contribution < -0.4 is 0 Å². The molecular weight excluding hydrogens is 570 g/mol. The van der Waals surface area contributed by atoms with Gasteiger partial charge in [0.2, 0.25) is 0 Å². The molecule has 5 aliphatic carbocycles. The molecule has 1 aromatic heterocycles. The first-order chi connectivity index (χ1) is 21.7. The number of hydrogen-bond donors (Lipinski definition) is 1. The van der Waals surface area contributed by atoms with Gasteiger partial charge in [0.1, 0.15) is 12.3 Å². The minimum absolute atomic E-state index is 0.0286. The van der Waals surface area contributed by atoms with Gasteiger partial charge >= 0.3 is 5.97 Å². The number of fused-ring (bicyclic) bond motifs is 7. The van der Waals surface area contributed by atoms with Gasteiger partial charge in [0.05, 0.1) is 23.4 Å². The van der Waals surface area contributed by atoms with Crippen LogP contribution in [0, 0.1) is 63.6 Å². The van der Waals surface area contributed by atoms with Gasteiger partial charge in [-0.15, -0.1) is 5.10 Å². The maximum atomic E-state index is 14.4. The van der Waals surface area contributed by atoms with Crippen LogP contribution in [-0.4, -0.2) is 32.2 Å². The van der Waals surface area contributed by atoms with Crippen LogP contribution in [0.3, 0.4) is 0 Å². The Balaban J connectivity index is 1.15. The Morgan fingerprint density at radius 1 is 0.935 bits per heavy atom. The van der Waals surface area contributed by atoms with E-state index in [-0.39, 0.29) is 46.3 Å². The maximum Gasteiger partial charge on any atom is 0.312 e. The molecule has 0 amide bonds. The smallest absolute Gasteiger partial charge is 0.312 e. The highest BCUT2D eigenvalue weighted by Crippen LogP contribution is 2.77. The zero-order valence-corrected chi connectivity index (χ0v) is 29.4. The summed E-state index contributed by atoms with van der Waals surface area (Å²) in [4.78, 5) is 14.4. The van der Waals surface area contributed by atoms with Gasteiger partial charge in [0.25, 0.3) is 0 Å². The summed E-state index contributed by atoms with van der Waals surface area (Å²) in [5.74, 6) is 2.27. The number of carbonyl (C=O) groups excluding carboxylic acids is 1. The lowest BCUT2D eigenvalue weighted by Crippen LogP contribution is -2.67. The number of esters is 1. The molecule has 5 aliphatic rings. The van der Waals surface area contributed by atoms with Crippen LogP contribution in [0.5, 0.6) is 0 Å². The summed E-state index contributed by atoms with van der Waals surface area (Å²) >= 11 is 0. The first-order valence-corrected chi connectivity index (χ1v) is 18.2. The molecule has 1 aromatic carbocycles. The quantitative estimate of drug-likeness (QED) is 0.265. The first-order valence-electron chi connectivity index (χ1n) is 18.2. The van der Waals surface area contributed by atoms with Gasteiger partial charge in [0.15, 0.2) is 0 Å². The molecule has 0 saturated heterocycles. The fraction of sp³-hybridized carbons (Fsp3) is 0.725. The molecule has 0 aliphatic heterocycles. The molecule has 1 heterocycles. The number of allylic oxidation sites excluding steroid dienone is 1. The van der Waals surface area contributed by atoms with E-state index in [9.17, 15) is 9.90 Å². The van der Waals surface area contributed by atoms with Gasteiger partial charge in [0, 0.05) is 0 Å². The van der Waals surface area contributed by atoms with E-state index in [0.29, 0.717) is 29.4 Å². The van der Waals surface area contributed by atoms with Crippen LogP contribution in [0.25, 0.3) is 5.69 Å². The molecule has 6 nitrogen and oxygen atoms in total. The third-order valence-electron chi connectivity index (χ3n) is 15.6. The molecule has 0 unspecified atom stereocenters. The number of aromatic nitrogens is 3. The fourth-order valence-corrected chi connectivity index (χ4v) is 13.0. The summed E-state index contributed by atoms with van der Waals surface area (Å²) in [7, 11) is 0. The minimum atomic E-state index is -0.456. The number of aliphatic hydroxyl groups excluding tert-OH is 1. The Bertz CT molecular complexity index is 1510. The minimum Gasteiger partial charge on any atom is -0.459 e. The van der Waals surface area contributed by atoms with Gasteiger partial charge < -0.3 is 9.84 Å². The summed E-state index contributed by atoms with van der Waals surface area (Å²) in [6.45, 7) is 21.4. The number of aryl methyl sites for hydroxylation is 1. The fourth-order valence-electron chi connectivity index (χ4n) is 13.0. The van der Waals surface area contributed by atoms with Crippen LogP contribution >= 0.6 is 0 Å². The van der Waals surface area contributed by atoms with Crippen molar-refractivity contribution in [3.05, 3.63) is 53.9 Å². The normalized spacial score (nSPS) is 42.7. The summed E-state index contributed by atoms with van der Waals surface area (Å²) in [5, 5.41) is 19.7. The second-order valence-electron chi connectivity index (χ2n) is 17.8. The van der Waals surface area contributed by atoms with Crippen molar-refractivity contribution in [2.75, 3.05) is 0 Å². The molecule has 46 heavy (non-hydrogen) atoms. The van der Waals surface area contributed by atoms with Gasteiger partial charge in [-0.25, -0.2) is 4.68 Å². The molecular formula is C40H57N3O3. The topological polar surface area (TPSA) is 77.2 Å². The Hall–Kier alpha value is -2.47. The van der Waals surface area contributed by atoms with Crippen molar-refractivity contribution in [3.63, 3.8) is 0 Å². The Morgan fingerprint density at radius 2 is 1.67 bits per heavy atom. The van der Waals surface area contributed by atoms with E-state index in [1.807, 2.05) is 18.3 Å². The van der Waals surface area contributed by atoms with Crippen molar-refractivity contribution in [1.29, 1.82) is 0 Å². The molecule has 0 bridgehead atoms. The van der Waals surface area contributed by atoms with Crippen molar-refractivity contribution in [1.82, 2.24) is 15.0 Å². The molecule has 5 fully saturated rings. The summed E-state index contributed by atoms with van der Waals surface area (Å²) in [6, 6.07) is 8.18. The highest BCUT2D eigenvalue weighted by Gasteiger charge is 2.72. The number of ether oxygens (including phenoxy) is 1. The van der Waals surface area contributed by atoms with Gasteiger partial charge in [-0.3, -0.25) is 4.79 Å². The largest absolute Gasteiger partial charge is 0.459 e. The van der Waals surface area contributed by atoms with Crippen LogP contribution in [0.4, 0.5) is 0 Å². The first kappa shape index (κ1) is 32.1. The molecule has 1 N–H and O–H groups in total. The van der Waals surface area contributed by atoms with Gasteiger partial charge in [-0.1, -0.05) is 69.7 Å². The SMILES string of the molecule is C=C(C)[C@@H]1CC[C@]2(C(=O)OCc3cn(-c4ccc(C)cc4)nn3)CC[C@]3(C)[C@H](CC[C@@H]4[C@@]5(C)CC[C@H](O)C(C)(C)[C@@H]5CC[C@]43C)[C@@H]12. The maximum absolute atomic E-state index is 14.4. The van der Waals surface area contributed by atoms with Crippen molar-refractivity contribution >= 4 is 5.97 Å². The number of nitrogens with zero attached hydrogens (tertiary/aromatic N) is 3. The lowest BCUT2D eigenvalue weighted by molar-refractivity contribution is -0.248. The molecule has 2 aromatic rings. The van der Waals surface area contributed by atoms with Crippen LogP contribution in [0.2, 0.25) is 0 Å². The third-order valence-corrected chi connectivity index (χ3v) is 15.6. The number of rotatable bonds is 5. The van der Waals surface area contributed by atoms with Gasteiger partial charge in [-0.05, 0) is 141 Å². The summed E-state index contributed by atoms with van der Waals surface area (Å²) < 4.78 is 7.98. The number of carbonyl (C=O) groups is 1. The second-order valence-corrected chi connectivity index (χ2v) is 17.8. The Kier molecular flexibility index (Phi) is 7.51. The monoisotopic (exact) mass is 627 g/mol. The van der Waals surface area contributed by atoms with Crippen LogP contribution in [0.15, 0.2) is 42.6 Å². The molecule has 0 radical (unpaired) electrons. The molecule has 250 valence electrons. The molecule has 5 saturated carbocycles. The van der Waals surface area contributed by atoms with Crippen LogP contribution in [0.1, 0.15) is 117 Å². The van der Waals surface area contributed by atoms with Crippen molar-refractivity contribution in [3.8, 4) is 5.69 Å². The van der Waals surface area contributed by atoms with Gasteiger partial charge in [-0.2, -0.15) is 0 Å². The zero-order chi connectivity index (χ0) is 32.9. The van der Waals surface area contributed by atoms with E-state index in [4.69, 9.17) is 4.74 Å². The molecule has 0 spiro atoms. The van der Waals surface area contributed by atoms with E-state index in [0.717, 1.165) is 44.2 Å². The average molecular weight is 628 g/mol. The average Bonchev–Trinajstić information content (AvgIpc) is 3.65. The van der Waals surface area contributed by atoms with E-state index >= 15 is 0 Å². The van der Waals surface area contributed by atoms with E-state index in [1.54, 1.807) is 4.68 Å². The highest BCUT2D eigenvalue weighted by atomic mass is 16.5. The number of aliphatic hydroxyl groups is 1. The van der Waals surface area contributed by atoms with E-state index in [1.165, 1.54) is 36.8 Å². The van der Waals surface area contributed by atoms with E-state index in [2.05, 4.69) is 77.5 Å². The highest BCUT2D eigenvalue weighted by molar-refractivity contribution is 5.78. The van der Waals surface area contributed by atoms with Crippen molar-refractivity contribution in [2.24, 2.45) is 56.7 Å². The Morgan fingerprint density at radius 3 is 2.39 bits per heavy atom. The summed E-state index contributed by atoms with van der Waals surface area (Å²) in [5.41, 5.74) is 4.17. The number of benzene rings is 1. The second kappa shape index (κ2) is 10.8. The third kappa shape index (κ3) is 4.40. The lowest BCUT2D eigenvalue weighted by atomic mass is 9.32. The Labute approximate surface area is 276 Å². The standard InChI is InChI=1S/C40H57N3O3/c1-25(2)29-15-20-40(35(45)46-24-27-23-43(42-41-27)28-11-9-26(3)10-12-28)22-21-38(7)30(34(29)40)13-14-32-37(6)18-17-33(44)36(4,5)31(37)16-19-39(32,38)8/h9-12,23,29-34,44H,1,13-22,24H2,2-8H3/t29-,30+,31-,32+,33-,34+,37-,38+,39+,40-/m0/s1. The zero-order valence-electron chi connectivity index (χ0n) is 29.4. The molecule has 7 rings (SSSR count). The molecule has 10 atom stereocenters. The molecule has 6 heteroatoms. The predicted octanol–water partition coefficient (Wildman–Crippen LogP) is 8.64. The van der Waals surface area contributed by atoms with Crippen molar-refractivity contribution < 1.29 is 14.6 Å². The lowest BCUT2D eigenvalue weighted by Gasteiger charge is -2.72.